The number of sulfone groups is 1. The highest BCUT2D eigenvalue weighted by Gasteiger charge is 2.32. The van der Waals surface area contributed by atoms with Gasteiger partial charge in [-0.1, -0.05) is 0 Å². The molecule has 0 aliphatic carbocycles. The van der Waals surface area contributed by atoms with Gasteiger partial charge in [-0.25, -0.2) is 8.42 Å². The fourth-order valence-corrected chi connectivity index (χ4v) is 3.68. The van der Waals surface area contributed by atoms with Gasteiger partial charge in [0.1, 0.15) is 0 Å². The number of nitrogens with one attached hydrogen (secondary N) is 1. The molecule has 0 aromatic carbocycles. The van der Waals surface area contributed by atoms with Gasteiger partial charge in [-0.15, -0.1) is 0 Å². The van der Waals surface area contributed by atoms with Crippen molar-refractivity contribution in [2.24, 2.45) is 5.92 Å². The fraction of sp³-hybridized carbons (Fsp3) is 1.00. The predicted molar refractivity (Wildman–Crippen MR) is 59.1 cm³/mol. The first-order valence-electron chi connectivity index (χ1n) is 5.39. The molecule has 0 aromatic rings. The molecule has 1 heterocycles. The molecule has 1 aliphatic heterocycles. The largest absolute Gasteiger partial charge is 0.317 e. The molecule has 0 spiro atoms. The van der Waals surface area contributed by atoms with E-state index in [-0.39, 0.29) is 10.5 Å². The van der Waals surface area contributed by atoms with E-state index in [1.54, 1.807) is 13.8 Å². The summed E-state index contributed by atoms with van der Waals surface area (Å²) in [5, 5.41) is 2.84. The summed E-state index contributed by atoms with van der Waals surface area (Å²) in [5.41, 5.74) is 0. The standard InChI is InChI=1S/C10H21NO2S/c1-8(2)14(12,13)9(3)10-4-6-11-7-5-10/h8-11H,4-7H2,1-3H3. The third-order valence-corrected chi connectivity index (χ3v) is 5.96. The quantitative estimate of drug-likeness (QED) is 0.776. The lowest BCUT2D eigenvalue weighted by molar-refractivity contribution is 0.362. The number of piperidine rings is 1. The van der Waals surface area contributed by atoms with Gasteiger partial charge in [0.15, 0.2) is 9.84 Å². The van der Waals surface area contributed by atoms with E-state index < -0.39 is 9.84 Å². The van der Waals surface area contributed by atoms with Crippen molar-refractivity contribution in [1.82, 2.24) is 5.32 Å². The lowest BCUT2D eigenvalue weighted by atomic mass is 9.95. The van der Waals surface area contributed by atoms with Gasteiger partial charge in [-0.2, -0.15) is 0 Å². The topological polar surface area (TPSA) is 46.2 Å². The Balaban J connectivity index is 2.68. The summed E-state index contributed by atoms with van der Waals surface area (Å²) in [6, 6.07) is 0. The molecule has 3 nitrogen and oxygen atoms in total. The van der Waals surface area contributed by atoms with Crippen molar-refractivity contribution >= 4 is 9.84 Å². The van der Waals surface area contributed by atoms with Crippen molar-refractivity contribution in [3.8, 4) is 0 Å². The fourth-order valence-electron chi connectivity index (χ4n) is 2.01. The molecular formula is C10H21NO2S. The van der Waals surface area contributed by atoms with Crippen molar-refractivity contribution in [3.63, 3.8) is 0 Å². The molecule has 1 atom stereocenters. The van der Waals surface area contributed by atoms with Gasteiger partial charge in [0.2, 0.25) is 0 Å². The van der Waals surface area contributed by atoms with E-state index in [1.165, 1.54) is 0 Å². The van der Waals surface area contributed by atoms with Crippen LogP contribution in [0.4, 0.5) is 0 Å². The maximum absolute atomic E-state index is 11.9. The molecule has 0 bridgehead atoms. The first-order chi connectivity index (χ1) is 6.46. The van der Waals surface area contributed by atoms with Crippen LogP contribution < -0.4 is 5.32 Å². The van der Waals surface area contributed by atoms with Crippen molar-refractivity contribution in [3.05, 3.63) is 0 Å². The maximum atomic E-state index is 11.9. The van der Waals surface area contributed by atoms with Crippen molar-refractivity contribution in [1.29, 1.82) is 0 Å². The third-order valence-electron chi connectivity index (χ3n) is 3.22. The average Bonchev–Trinajstić information content (AvgIpc) is 2.17. The van der Waals surface area contributed by atoms with Gasteiger partial charge < -0.3 is 5.32 Å². The average molecular weight is 219 g/mol. The summed E-state index contributed by atoms with van der Waals surface area (Å²) in [7, 11) is -2.90. The minimum absolute atomic E-state index is 0.176. The van der Waals surface area contributed by atoms with Crippen LogP contribution in [0.2, 0.25) is 0 Å². The highest BCUT2D eigenvalue weighted by molar-refractivity contribution is 7.92. The van der Waals surface area contributed by atoms with Gasteiger partial charge in [-0.3, -0.25) is 0 Å². The number of rotatable bonds is 3. The van der Waals surface area contributed by atoms with Gasteiger partial charge in [0, 0.05) is 0 Å². The molecule has 1 rings (SSSR count). The van der Waals surface area contributed by atoms with E-state index in [9.17, 15) is 8.42 Å². The molecule has 1 saturated heterocycles. The Bertz CT molecular complexity index is 266. The summed E-state index contributed by atoms with van der Waals surface area (Å²) >= 11 is 0. The molecule has 1 unspecified atom stereocenters. The molecular weight excluding hydrogens is 198 g/mol. The normalized spacial score (nSPS) is 22.6. The second-order valence-corrected chi connectivity index (χ2v) is 7.29. The zero-order valence-corrected chi connectivity index (χ0v) is 10.1. The van der Waals surface area contributed by atoms with Crippen LogP contribution in [0.3, 0.4) is 0 Å². The Labute approximate surface area is 87.2 Å². The molecule has 0 amide bonds. The highest BCUT2D eigenvalue weighted by Crippen LogP contribution is 2.24. The smallest absolute Gasteiger partial charge is 0.155 e. The molecule has 1 aliphatic rings. The van der Waals surface area contributed by atoms with E-state index in [1.807, 2.05) is 6.92 Å². The minimum atomic E-state index is -2.90. The van der Waals surface area contributed by atoms with Crippen LogP contribution in [0.1, 0.15) is 33.6 Å². The van der Waals surface area contributed by atoms with Crippen LogP contribution in [0, 0.1) is 5.92 Å². The summed E-state index contributed by atoms with van der Waals surface area (Å²) in [6.07, 6.45) is 1.99. The number of hydrogen-bond donors (Lipinski definition) is 1. The molecule has 0 aromatic heterocycles. The zero-order chi connectivity index (χ0) is 10.8. The van der Waals surface area contributed by atoms with Crippen LogP contribution >= 0.6 is 0 Å². The Morgan fingerprint density at radius 1 is 1.14 bits per heavy atom. The minimum Gasteiger partial charge on any atom is -0.317 e. The Hall–Kier alpha value is -0.0900. The zero-order valence-electron chi connectivity index (χ0n) is 9.29. The highest BCUT2D eigenvalue weighted by atomic mass is 32.2. The number of hydrogen-bond acceptors (Lipinski definition) is 3. The van der Waals surface area contributed by atoms with Crippen LogP contribution in [0.15, 0.2) is 0 Å². The van der Waals surface area contributed by atoms with Crippen LogP contribution in [-0.4, -0.2) is 32.0 Å². The van der Waals surface area contributed by atoms with E-state index in [4.69, 9.17) is 0 Å². The molecule has 0 radical (unpaired) electrons. The van der Waals surface area contributed by atoms with Crippen LogP contribution in [0.25, 0.3) is 0 Å². The van der Waals surface area contributed by atoms with E-state index in [0.29, 0.717) is 5.92 Å². The second-order valence-electron chi connectivity index (χ2n) is 4.43. The molecule has 0 saturated carbocycles. The van der Waals surface area contributed by atoms with E-state index in [2.05, 4.69) is 5.32 Å². The monoisotopic (exact) mass is 219 g/mol. The molecule has 84 valence electrons. The van der Waals surface area contributed by atoms with Crippen LogP contribution in [-0.2, 0) is 9.84 Å². The molecule has 1 fully saturated rings. The SMILES string of the molecule is CC(C)S(=O)(=O)C(C)C1CCNCC1. The summed E-state index contributed by atoms with van der Waals surface area (Å²) in [4.78, 5) is 0. The predicted octanol–water partition coefficient (Wildman–Crippen LogP) is 1.20. The van der Waals surface area contributed by atoms with Gasteiger partial charge in [0.25, 0.3) is 0 Å². The Morgan fingerprint density at radius 3 is 2.07 bits per heavy atom. The third kappa shape index (κ3) is 2.48. The van der Waals surface area contributed by atoms with Gasteiger partial charge >= 0.3 is 0 Å². The van der Waals surface area contributed by atoms with E-state index >= 15 is 0 Å². The lowest BCUT2D eigenvalue weighted by Gasteiger charge is -2.29. The first kappa shape index (κ1) is 12.0. The molecule has 14 heavy (non-hydrogen) atoms. The summed E-state index contributed by atoms with van der Waals surface area (Å²) in [6.45, 7) is 7.33. The second kappa shape index (κ2) is 4.62. The first-order valence-corrected chi connectivity index (χ1v) is 7.00. The van der Waals surface area contributed by atoms with Crippen molar-refractivity contribution in [2.75, 3.05) is 13.1 Å². The van der Waals surface area contributed by atoms with Gasteiger partial charge in [-0.05, 0) is 52.6 Å². The maximum Gasteiger partial charge on any atom is 0.155 e. The van der Waals surface area contributed by atoms with Crippen molar-refractivity contribution < 1.29 is 8.42 Å². The van der Waals surface area contributed by atoms with Crippen LogP contribution in [0.5, 0.6) is 0 Å². The van der Waals surface area contributed by atoms with Gasteiger partial charge in [0.05, 0.1) is 10.5 Å². The molecule has 4 heteroatoms. The Kier molecular flexibility index (Phi) is 3.95. The van der Waals surface area contributed by atoms with Crippen molar-refractivity contribution in [2.45, 2.75) is 44.1 Å². The summed E-state index contributed by atoms with van der Waals surface area (Å²) < 4.78 is 23.8. The lowest BCUT2D eigenvalue weighted by Crippen LogP contribution is -2.38. The Morgan fingerprint density at radius 2 is 1.64 bits per heavy atom. The molecule has 1 N–H and O–H groups in total. The summed E-state index contributed by atoms with van der Waals surface area (Å²) in [5.74, 6) is 0.351. The van der Waals surface area contributed by atoms with E-state index in [0.717, 1.165) is 25.9 Å².